The van der Waals surface area contributed by atoms with Gasteiger partial charge in [-0.2, -0.15) is 0 Å². The van der Waals surface area contributed by atoms with Gasteiger partial charge in [0.25, 0.3) is 0 Å². The van der Waals surface area contributed by atoms with Gasteiger partial charge < -0.3 is 24.7 Å². The Labute approximate surface area is 267 Å². The van der Waals surface area contributed by atoms with Crippen LogP contribution in [0.15, 0.2) is 30.3 Å². The molecule has 3 atom stereocenters. The smallest absolute Gasteiger partial charge is 0.362 e. The number of aliphatic hydroxyl groups excluding tert-OH is 2. The fourth-order valence-corrected chi connectivity index (χ4v) is 7.87. The third kappa shape index (κ3) is 16.6. The van der Waals surface area contributed by atoms with Crippen molar-refractivity contribution in [2.45, 2.75) is 160 Å². The Hall–Kier alpha value is -0.840. The molecular weight excluding hydrogens is 601 g/mol. The lowest BCUT2D eigenvalue weighted by molar-refractivity contribution is -0.123. The van der Waals surface area contributed by atoms with E-state index in [4.69, 9.17) is 4.74 Å². The molecular formula is C33H62NO8PS. The van der Waals surface area contributed by atoms with Gasteiger partial charge in [-0.25, -0.2) is 13.1 Å². The van der Waals surface area contributed by atoms with Gasteiger partial charge in [-0.1, -0.05) is 153 Å². The maximum Gasteiger partial charge on any atom is 0.362 e. The Morgan fingerprint density at radius 2 is 1.23 bits per heavy atom. The van der Waals surface area contributed by atoms with Crippen LogP contribution in [0.3, 0.4) is 0 Å². The first-order valence-electron chi connectivity index (χ1n) is 17.1. The summed E-state index contributed by atoms with van der Waals surface area (Å²) in [6.45, 7) is 2.81. The van der Waals surface area contributed by atoms with Crippen molar-refractivity contribution in [3.8, 4) is 0 Å². The van der Waals surface area contributed by atoms with Gasteiger partial charge in [0.1, 0.15) is 6.10 Å². The van der Waals surface area contributed by atoms with Crippen molar-refractivity contribution in [1.82, 2.24) is 4.72 Å². The first-order valence-corrected chi connectivity index (χ1v) is 20.3. The summed E-state index contributed by atoms with van der Waals surface area (Å²) in [6.07, 6.45) is 17.5. The zero-order valence-corrected chi connectivity index (χ0v) is 29.1. The number of hydrogen-bond acceptors (Lipinski definition) is 6. The zero-order chi connectivity index (χ0) is 32.7. The summed E-state index contributed by atoms with van der Waals surface area (Å²) in [4.78, 5) is 20.5. The molecule has 0 aliphatic carbocycles. The topological polar surface area (TPSA) is 153 Å². The summed E-state index contributed by atoms with van der Waals surface area (Å²) in [5, 5.41) is 18.9. The van der Waals surface area contributed by atoms with E-state index in [1.54, 1.807) is 30.3 Å². The average Bonchev–Trinajstić information content (AvgIpc) is 2.99. The first-order chi connectivity index (χ1) is 21.0. The van der Waals surface area contributed by atoms with Gasteiger partial charge in [0.15, 0.2) is 0 Å². The molecule has 11 heteroatoms. The van der Waals surface area contributed by atoms with Crippen molar-refractivity contribution >= 4 is 17.6 Å². The molecule has 0 radical (unpaired) electrons. The Morgan fingerprint density at radius 1 is 0.773 bits per heavy atom. The molecule has 0 aromatic heterocycles. The van der Waals surface area contributed by atoms with Crippen molar-refractivity contribution in [3.63, 3.8) is 0 Å². The highest BCUT2D eigenvalue weighted by Crippen LogP contribution is 2.54. The molecule has 0 saturated carbocycles. The summed E-state index contributed by atoms with van der Waals surface area (Å²) in [7, 11) is -9.14. The van der Waals surface area contributed by atoms with E-state index in [-0.39, 0.29) is 18.8 Å². The van der Waals surface area contributed by atoms with Crippen molar-refractivity contribution in [3.05, 3.63) is 35.9 Å². The second-order valence-electron chi connectivity index (χ2n) is 12.3. The molecule has 0 aliphatic rings. The van der Waals surface area contributed by atoms with Crippen molar-refractivity contribution in [2.75, 3.05) is 12.4 Å². The summed E-state index contributed by atoms with van der Waals surface area (Å²) in [6, 6.07) is 7.38. The summed E-state index contributed by atoms with van der Waals surface area (Å²) in [5.74, 6) is -0.143. The van der Waals surface area contributed by atoms with Crippen LogP contribution in [0, 0.1) is 0 Å². The van der Waals surface area contributed by atoms with E-state index in [9.17, 15) is 33.0 Å². The van der Waals surface area contributed by atoms with Crippen molar-refractivity contribution < 1.29 is 37.7 Å². The lowest BCUT2D eigenvalue weighted by Crippen LogP contribution is -2.58. The molecule has 0 amide bonds. The zero-order valence-electron chi connectivity index (χ0n) is 27.4. The standard InChI is InChI=1S/C33H62NO8PS/c1-3-5-7-9-10-11-12-13-14-15-16-17-18-23-27-44(40,41)34-31(26-22-8-6-4-2)32(36)33(29-35,43(37,38)39)42-28-30-24-20-19-21-25-30/h19-21,24-25,31-32,34-36H,3-18,22-23,26-29H2,1-2H3,(H2,37,38,39). The van der Waals surface area contributed by atoms with E-state index in [0.717, 1.165) is 44.9 Å². The number of ether oxygens (including phenoxy) is 1. The third-order valence-corrected chi connectivity index (χ3v) is 11.4. The quantitative estimate of drug-likeness (QED) is 0.0447. The molecule has 1 aromatic carbocycles. The Balaban J connectivity index is 2.67. The van der Waals surface area contributed by atoms with Crippen LogP contribution < -0.4 is 4.72 Å². The Morgan fingerprint density at radius 3 is 1.68 bits per heavy atom. The Kier molecular flexibility index (Phi) is 22.0. The second kappa shape index (κ2) is 23.5. The highest BCUT2D eigenvalue weighted by molar-refractivity contribution is 7.89. The third-order valence-electron chi connectivity index (χ3n) is 8.36. The number of unbranched alkanes of at least 4 members (excludes halogenated alkanes) is 16. The predicted molar refractivity (Wildman–Crippen MR) is 179 cm³/mol. The van der Waals surface area contributed by atoms with E-state index >= 15 is 0 Å². The number of rotatable bonds is 29. The van der Waals surface area contributed by atoms with Crippen molar-refractivity contribution in [2.24, 2.45) is 0 Å². The van der Waals surface area contributed by atoms with E-state index in [2.05, 4.69) is 11.6 Å². The van der Waals surface area contributed by atoms with Crippen LogP contribution in [-0.2, 0) is 25.9 Å². The second-order valence-corrected chi connectivity index (χ2v) is 16.0. The van der Waals surface area contributed by atoms with Gasteiger partial charge >= 0.3 is 7.60 Å². The molecule has 0 spiro atoms. The molecule has 258 valence electrons. The van der Waals surface area contributed by atoms with E-state index in [1.165, 1.54) is 57.8 Å². The van der Waals surface area contributed by atoms with Crippen LogP contribution >= 0.6 is 7.60 Å². The molecule has 0 fully saturated rings. The van der Waals surface area contributed by atoms with Crippen molar-refractivity contribution in [1.29, 1.82) is 0 Å². The lowest BCUT2D eigenvalue weighted by Gasteiger charge is -2.40. The molecule has 9 nitrogen and oxygen atoms in total. The summed E-state index contributed by atoms with van der Waals surface area (Å²) < 4.78 is 47.0. The monoisotopic (exact) mass is 663 g/mol. The summed E-state index contributed by atoms with van der Waals surface area (Å²) in [5.41, 5.74) is 0.587. The molecule has 1 aromatic rings. The fourth-order valence-electron chi connectivity index (χ4n) is 5.52. The largest absolute Gasteiger partial charge is 0.393 e. The molecule has 0 bridgehead atoms. The van der Waals surface area contributed by atoms with Crippen LogP contribution in [0.5, 0.6) is 0 Å². The highest BCUT2D eigenvalue weighted by atomic mass is 32.2. The van der Waals surface area contributed by atoms with Crippen LogP contribution in [0.25, 0.3) is 0 Å². The maximum absolute atomic E-state index is 13.1. The number of hydrogen-bond donors (Lipinski definition) is 5. The molecule has 0 saturated heterocycles. The normalized spacial score (nSPS) is 15.2. The van der Waals surface area contributed by atoms with E-state index in [1.807, 2.05) is 6.92 Å². The van der Waals surface area contributed by atoms with Gasteiger partial charge in [-0.3, -0.25) is 4.57 Å². The van der Waals surface area contributed by atoms with Gasteiger partial charge in [0.2, 0.25) is 15.4 Å². The SMILES string of the molecule is CCCCCCCCCCCCCCCCS(=O)(=O)NC(CCCCCC)C(O)C(CO)(OCc1ccccc1)P(=O)(O)O. The predicted octanol–water partition coefficient (Wildman–Crippen LogP) is 7.17. The molecule has 3 unspecified atom stereocenters. The lowest BCUT2D eigenvalue weighted by atomic mass is 9.99. The molecule has 5 N–H and O–H groups in total. The van der Waals surface area contributed by atoms with Gasteiger partial charge in [0.05, 0.1) is 25.0 Å². The number of aliphatic hydroxyl groups is 2. The average molecular weight is 664 g/mol. The highest BCUT2D eigenvalue weighted by Gasteiger charge is 2.56. The van der Waals surface area contributed by atoms with Crippen LogP contribution in [0.1, 0.15) is 141 Å². The molecule has 44 heavy (non-hydrogen) atoms. The van der Waals surface area contributed by atoms with E-state index in [0.29, 0.717) is 18.4 Å². The van der Waals surface area contributed by atoms with Crippen LogP contribution in [-0.4, -0.2) is 58.3 Å². The minimum absolute atomic E-state index is 0.143. The molecule has 0 heterocycles. The van der Waals surface area contributed by atoms with Gasteiger partial charge in [-0.05, 0) is 18.4 Å². The minimum atomic E-state index is -5.27. The van der Waals surface area contributed by atoms with Crippen LogP contribution in [0.4, 0.5) is 0 Å². The first kappa shape index (κ1) is 41.2. The number of benzene rings is 1. The van der Waals surface area contributed by atoms with E-state index < -0.39 is 41.7 Å². The van der Waals surface area contributed by atoms with Gasteiger partial charge in [0, 0.05) is 0 Å². The Bertz CT molecular complexity index is 991. The number of sulfonamides is 1. The number of nitrogens with one attached hydrogen (secondary N) is 1. The molecule has 1 rings (SSSR count). The summed E-state index contributed by atoms with van der Waals surface area (Å²) >= 11 is 0. The maximum atomic E-state index is 13.1. The fraction of sp³-hybridized carbons (Fsp3) is 0.818. The minimum Gasteiger partial charge on any atom is -0.393 e. The van der Waals surface area contributed by atoms with Gasteiger partial charge in [-0.15, -0.1) is 0 Å². The molecule has 0 aliphatic heterocycles. The van der Waals surface area contributed by atoms with Crippen LogP contribution in [0.2, 0.25) is 0 Å².